The summed E-state index contributed by atoms with van der Waals surface area (Å²) in [5, 5.41) is 10.8. The summed E-state index contributed by atoms with van der Waals surface area (Å²) in [6.45, 7) is -0.0874. The summed E-state index contributed by atoms with van der Waals surface area (Å²) < 4.78 is 11.3. The Morgan fingerprint density at radius 1 is 1.22 bits per heavy atom. The number of phenolic OH excluding ortho intramolecular Hbond substituents is 1. The van der Waals surface area contributed by atoms with Gasteiger partial charge in [0.05, 0.1) is 10.2 Å². The molecule has 0 atom stereocenters. The van der Waals surface area contributed by atoms with E-state index >= 15 is 0 Å². The molecule has 0 aliphatic carbocycles. The summed E-state index contributed by atoms with van der Waals surface area (Å²) in [6.07, 6.45) is 2.90. The highest BCUT2D eigenvalue weighted by atomic mass is 32.1. The van der Waals surface area contributed by atoms with Crippen LogP contribution in [0.1, 0.15) is 10.6 Å². The Bertz CT molecular complexity index is 1210. The largest absolute Gasteiger partial charge is 0.508 e. The Morgan fingerprint density at radius 3 is 2.93 bits per heavy atom. The maximum absolute atomic E-state index is 12.0. The second-order valence-corrected chi connectivity index (χ2v) is 6.79. The van der Waals surface area contributed by atoms with E-state index in [0.717, 1.165) is 10.2 Å². The van der Waals surface area contributed by atoms with Crippen LogP contribution in [0.15, 0.2) is 63.8 Å². The number of hydrogen-bond donors (Lipinski definition) is 1. The summed E-state index contributed by atoms with van der Waals surface area (Å²) >= 11 is 1.48. The number of benzene rings is 2. The molecule has 2 heterocycles. The van der Waals surface area contributed by atoms with E-state index < -0.39 is 11.6 Å². The Kier molecular flexibility index (Phi) is 4.43. The third-order valence-corrected chi connectivity index (χ3v) is 4.86. The lowest BCUT2D eigenvalue weighted by molar-refractivity contribution is -0.138. The summed E-state index contributed by atoms with van der Waals surface area (Å²) in [7, 11) is 0. The van der Waals surface area contributed by atoms with E-state index in [4.69, 9.17) is 9.15 Å². The first-order valence-corrected chi connectivity index (χ1v) is 8.86. The van der Waals surface area contributed by atoms with Crippen molar-refractivity contribution >= 4 is 44.6 Å². The maximum Gasteiger partial charge on any atom is 0.336 e. The molecule has 134 valence electrons. The lowest BCUT2D eigenvalue weighted by Crippen LogP contribution is -2.05. The maximum atomic E-state index is 12.0. The van der Waals surface area contributed by atoms with Gasteiger partial charge in [-0.2, -0.15) is 0 Å². The van der Waals surface area contributed by atoms with E-state index in [0.29, 0.717) is 16.0 Å². The lowest BCUT2D eigenvalue weighted by Gasteiger charge is -2.05. The van der Waals surface area contributed by atoms with Gasteiger partial charge in [0, 0.05) is 29.2 Å². The van der Waals surface area contributed by atoms with Crippen LogP contribution in [-0.2, 0) is 16.1 Å². The van der Waals surface area contributed by atoms with Gasteiger partial charge >= 0.3 is 11.6 Å². The van der Waals surface area contributed by atoms with Crippen molar-refractivity contribution in [1.82, 2.24) is 4.98 Å². The highest BCUT2D eigenvalue weighted by Crippen LogP contribution is 2.23. The Morgan fingerprint density at radius 2 is 2.07 bits per heavy atom. The zero-order valence-electron chi connectivity index (χ0n) is 13.9. The molecule has 2 aromatic heterocycles. The zero-order chi connectivity index (χ0) is 18.8. The van der Waals surface area contributed by atoms with Crippen LogP contribution in [0, 0.1) is 0 Å². The number of carbonyl (C=O) groups is 1. The van der Waals surface area contributed by atoms with Crippen LogP contribution in [0.2, 0.25) is 0 Å². The highest BCUT2D eigenvalue weighted by Gasteiger charge is 2.09. The van der Waals surface area contributed by atoms with E-state index in [1.165, 1.54) is 35.6 Å². The number of phenols is 1. The van der Waals surface area contributed by atoms with Gasteiger partial charge in [0.1, 0.15) is 22.9 Å². The van der Waals surface area contributed by atoms with Crippen LogP contribution in [0.25, 0.3) is 27.3 Å². The number of esters is 1. The predicted octanol–water partition coefficient (Wildman–Crippen LogP) is 3.86. The van der Waals surface area contributed by atoms with Gasteiger partial charge in [-0.15, -0.1) is 11.3 Å². The van der Waals surface area contributed by atoms with E-state index in [9.17, 15) is 14.7 Å². The van der Waals surface area contributed by atoms with Gasteiger partial charge in [0.2, 0.25) is 0 Å². The minimum Gasteiger partial charge on any atom is -0.508 e. The number of carbonyl (C=O) groups excluding carboxylic acids is 1. The molecule has 4 aromatic rings. The smallest absolute Gasteiger partial charge is 0.336 e. The van der Waals surface area contributed by atoms with Crippen molar-refractivity contribution in [3.05, 3.63) is 75.6 Å². The van der Waals surface area contributed by atoms with Crippen molar-refractivity contribution in [2.75, 3.05) is 0 Å². The number of fused-ring (bicyclic) bond motifs is 2. The second kappa shape index (κ2) is 7.05. The molecule has 0 unspecified atom stereocenters. The molecule has 0 spiro atoms. The summed E-state index contributed by atoms with van der Waals surface area (Å²) in [5.41, 5.74) is 1.03. The Balaban J connectivity index is 1.49. The topological polar surface area (TPSA) is 89.6 Å². The van der Waals surface area contributed by atoms with Crippen LogP contribution < -0.4 is 5.63 Å². The third-order valence-electron chi connectivity index (χ3n) is 3.86. The molecule has 2 aromatic carbocycles. The van der Waals surface area contributed by atoms with Crippen molar-refractivity contribution in [2.24, 2.45) is 0 Å². The van der Waals surface area contributed by atoms with E-state index in [2.05, 4.69) is 4.98 Å². The molecule has 0 aliphatic rings. The zero-order valence-corrected chi connectivity index (χ0v) is 14.7. The molecule has 0 radical (unpaired) electrons. The number of aromatic nitrogens is 1. The van der Waals surface area contributed by atoms with Gasteiger partial charge in [-0.25, -0.2) is 14.6 Å². The van der Waals surface area contributed by atoms with E-state index in [1.807, 2.05) is 24.3 Å². The first-order chi connectivity index (χ1) is 13.1. The minimum absolute atomic E-state index is 0.0152. The van der Waals surface area contributed by atoms with Crippen molar-refractivity contribution in [3.63, 3.8) is 0 Å². The summed E-state index contributed by atoms with van der Waals surface area (Å²) in [4.78, 5) is 28.1. The average molecular weight is 379 g/mol. The molecule has 0 aliphatic heterocycles. The molecule has 6 nitrogen and oxygen atoms in total. The molecule has 0 fully saturated rings. The monoisotopic (exact) mass is 379 g/mol. The molecule has 7 heteroatoms. The Labute approximate surface area is 157 Å². The molecular formula is C20H13NO5S. The van der Waals surface area contributed by atoms with Crippen LogP contribution in [-0.4, -0.2) is 16.1 Å². The van der Waals surface area contributed by atoms with Crippen LogP contribution in [0.4, 0.5) is 0 Å². The quantitative estimate of drug-likeness (QED) is 0.329. The van der Waals surface area contributed by atoms with Crippen molar-refractivity contribution < 1.29 is 19.1 Å². The van der Waals surface area contributed by atoms with Gasteiger partial charge in [-0.1, -0.05) is 12.1 Å². The van der Waals surface area contributed by atoms with Gasteiger partial charge in [-0.05, 0) is 30.3 Å². The van der Waals surface area contributed by atoms with Crippen molar-refractivity contribution in [1.29, 1.82) is 0 Å². The molecule has 0 saturated carbocycles. The molecule has 4 rings (SSSR count). The Hall–Kier alpha value is -3.45. The van der Waals surface area contributed by atoms with Gasteiger partial charge in [-0.3, -0.25) is 0 Å². The molecule has 0 bridgehead atoms. The van der Waals surface area contributed by atoms with Gasteiger partial charge < -0.3 is 14.3 Å². The summed E-state index contributed by atoms with van der Waals surface area (Å²) in [6, 6.07) is 13.4. The standard InChI is InChI=1S/C20H13NO5S/c22-13-5-6-14-12(9-20(24)26-16(14)10-13)11-25-19(23)8-7-18-21-15-3-1-2-4-17(15)27-18/h1-10,22H,11H2/b8-7+. The molecule has 0 amide bonds. The normalized spacial score (nSPS) is 11.4. The average Bonchev–Trinajstić information content (AvgIpc) is 3.07. The fraction of sp³-hybridized carbons (Fsp3) is 0.0500. The molecule has 27 heavy (non-hydrogen) atoms. The first kappa shape index (κ1) is 17.0. The van der Waals surface area contributed by atoms with Crippen molar-refractivity contribution in [2.45, 2.75) is 6.61 Å². The molecular weight excluding hydrogens is 366 g/mol. The number of ether oxygens (including phenoxy) is 1. The van der Waals surface area contributed by atoms with E-state index in [1.54, 1.807) is 12.1 Å². The highest BCUT2D eigenvalue weighted by molar-refractivity contribution is 7.19. The molecule has 1 N–H and O–H groups in total. The van der Waals surface area contributed by atoms with Crippen molar-refractivity contribution in [3.8, 4) is 5.75 Å². The number of nitrogens with zero attached hydrogens (tertiary/aromatic N) is 1. The fourth-order valence-electron chi connectivity index (χ4n) is 2.64. The summed E-state index contributed by atoms with van der Waals surface area (Å²) in [5.74, 6) is -0.562. The minimum atomic E-state index is -0.579. The fourth-order valence-corrected chi connectivity index (χ4v) is 3.51. The molecule has 0 saturated heterocycles. The SMILES string of the molecule is O=C(/C=C/c1nc2ccccc2s1)OCc1cc(=O)oc2cc(O)ccc12. The predicted molar refractivity (Wildman–Crippen MR) is 103 cm³/mol. The van der Waals surface area contributed by atoms with Crippen LogP contribution >= 0.6 is 11.3 Å². The number of rotatable bonds is 4. The van der Waals surface area contributed by atoms with Gasteiger partial charge in [0.25, 0.3) is 0 Å². The van der Waals surface area contributed by atoms with Crippen LogP contribution in [0.5, 0.6) is 5.75 Å². The van der Waals surface area contributed by atoms with E-state index in [-0.39, 0.29) is 17.9 Å². The lowest BCUT2D eigenvalue weighted by atomic mass is 10.1. The van der Waals surface area contributed by atoms with Gasteiger partial charge in [0.15, 0.2) is 0 Å². The number of thiazole rings is 1. The number of para-hydroxylation sites is 1. The third kappa shape index (κ3) is 3.73. The van der Waals surface area contributed by atoms with Crippen LogP contribution in [0.3, 0.4) is 0 Å². The first-order valence-electron chi connectivity index (χ1n) is 8.05. The number of hydrogen-bond acceptors (Lipinski definition) is 7. The second-order valence-electron chi connectivity index (χ2n) is 5.73. The number of aromatic hydroxyl groups is 1.